The van der Waals surface area contributed by atoms with E-state index in [0.29, 0.717) is 6.54 Å². The smallest absolute Gasteiger partial charge is 0.311 e. The summed E-state index contributed by atoms with van der Waals surface area (Å²) in [5.74, 6) is -0.767. The fourth-order valence-corrected chi connectivity index (χ4v) is 4.31. The molecule has 0 saturated carbocycles. The number of esters is 1. The number of fused-ring (bicyclic) bond motifs is 1. The van der Waals surface area contributed by atoms with Crippen LogP contribution in [0.3, 0.4) is 0 Å². The van der Waals surface area contributed by atoms with E-state index in [2.05, 4.69) is 11.1 Å². The number of para-hydroxylation sites is 1. The van der Waals surface area contributed by atoms with Crippen molar-refractivity contribution in [2.75, 3.05) is 18.6 Å². The van der Waals surface area contributed by atoms with Gasteiger partial charge >= 0.3 is 5.97 Å². The summed E-state index contributed by atoms with van der Waals surface area (Å²) in [6, 6.07) is 14.0. The fourth-order valence-electron chi connectivity index (χ4n) is 3.35. The van der Waals surface area contributed by atoms with E-state index < -0.39 is 5.92 Å². The molecule has 5 nitrogen and oxygen atoms in total. The molecule has 1 atom stereocenters. The van der Waals surface area contributed by atoms with Crippen LogP contribution in [0.25, 0.3) is 20.8 Å². The van der Waals surface area contributed by atoms with Gasteiger partial charge in [0.2, 0.25) is 5.91 Å². The third-order valence-corrected chi connectivity index (χ3v) is 5.77. The zero-order chi connectivity index (χ0) is 18.3. The number of aromatic nitrogens is 1. The van der Waals surface area contributed by atoms with E-state index in [1.165, 1.54) is 7.11 Å². The summed E-state index contributed by atoms with van der Waals surface area (Å²) in [6.45, 7) is 2.34. The SMILES string of the molecule is COC(=O)[C@H]1CC(=O)N(c2ccc(-c3nc4ccccc4s3)cc2C)C1. The molecule has 2 heterocycles. The first kappa shape index (κ1) is 16.7. The third-order valence-electron chi connectivity index (χ3n) is 4.69. The Balaban J connectivity index is 1.64. The van der Waals surface area contributed by atoms with Gasteiger partial charge in [0, 0.05) is 24.2 Å². The summed E-state index contributed by atoms with van der Waals surface area (Å²) in [4.78, 5) is 30.4. The largest absolute Gasteiger partial charge is 0.469 e. The molecule has 2 aromatic carbocycles. The highest BCUT2D eigenvalue weighted by Gasteiger charge is 2.36. The number of carbonyl (C=O) groups excluding carboxylic acids is 2. The van der Waals surface area contributed by atoms with Crippen LogP contribution in [0.4, 0.5) is 5.69 Å². The lowest BCUT2D eigenvalue weighted by molar-refractivity contribution is -0.145. The van der Waals surface area contributed by atoms with Crippen LogP contribution in [0.2, 0.25) is 0 Å². The van der Waals surface area contributed by atoms with Crippen LogP contribution >= 0.6 is 11.3 Å². The van der Waals surface area contributed by atoms with Crippen LogP contribution < -0.4 is 4.90 Å². The lowest BCUT2D eigenvalue weighted by Gasteiger charge is -2.19. The van der Waals surface area contributed by atoms with E-state index in [4.69, 9.17) is 4.74 Å². The number of anilines is 1. The summed E-state index contributed by atoms with van der Waals surface area (Å²) in [7, 11) is 1.35. The van der Waals surface area contributed by atoms with E-state index in [1.54, 1.807) is 16.2 Å². The van der Waals surface area contributed by atoms with Crippen LogP contribution in [0.1, 0.15) is 12.0 Å². The minimum absolute atomic E-state index is 0.0452. The van der Waals surface area contributed by atoms with E-state index in [9.17, 15) is 9.59 Å². The Kier molecular flexibility index (Phi) is 4.20. The summed E-state index contributed by atoms with van der Waals surface area (Å²) < 4.78 is 5.93. The van der Waals surface area contributed by atoms with Gasteiger partial charge in [-0.2, -0.15) is 0 Å². The normalized spacial score (nSPS) is 17.1. The summed E-state index contributed by atoms with van der Waals surface area (Å²) >= 11 is 1.65. The zero-order valence-corrected chi connectivity index (χ0v) is 15.4. The summed E-state index contributed by atoms with van der Waals surface area (Å²) in [5, 5.41) is 0.959. The van der Waals surface area contributed by atoms with Gasteiger partial charge in [0.1, 0.15) is 5.01 Å². The number of hydrogen-bond acceptors (Lipinski definition) is 5. The van der Waals surface area contributed by atoms with Gasteiger partial charge in [-0.05, 0) is 42.8 Å². The van der Waals surface area contributed by atoms with Crippen molar-refractivity contribution in [3.05, 3.63) is 48.0 Å². The minimum atomic E-state index is -0.393. The molecular weight excluding hydrogens is 348 g/mol. The number of benzene rings is 2. The Morgan fingerprint density at radius 1 is 1.27 bits per heavy atom. The maximum atomic E-state index is 12.3. The number of nitrogens with zero attached hydrogens (tertiary/aromatic N) is 2. The lowest BCUT2D eigenvalue weighted by atomic mass is 10.1. The molecule has 4 rings (SSSR count). The van der Waals surface area contributed by atoms with E-state index in [1.807, 2.05) is 43.3 Å². The Hall–Kier alpha value is -2.73. The number of carbonyl (C=O) groups is 2. The molecule has 1 aliphatic rings. The van der Waals surface area contributed by atoms with Crippen molar-refractivity contribution < 1.29 is 14.3 Å². The number of ether oxygens (including phenoxy) is 1. The van der Waals surface area contributed by atoms with Gasteiger partial charge in [-0.3, -0.25) is 9.59 Å². The standard InChI is InChI=1S/C20H18N2O3S/c1-12-9-13(19-21-15-5-3-4-6-17(15)26-19)7-8-16(12)22-11-14(10-18(22)23)20(24)25-2/h3-9,14H,10-11H2,1-2H3/t14-/m0/s1. The van der Waals surface area contributed by atoms with Crippen LogP contribution in [0.5, 0.6) is 0 Å². The van der Waals surface area contributed by atoms with Crippen molar-refractivity contribution in [1.29, 1.82) is 0 Å². The van der Waals surface area contributed by atoms with Gasteiger partial charge < -0.3 is 9.64 Å². The lowest BCUT2D eigenvalue weighted by Crippen LogP contribution is -2.26. The number of methoxy groups -OCH3 is 1. The van der Waals surface area contributed by atoms with E-state index >= 15 is 0 Å². The molecule has 6 heteroatoms. The van der Waals surface area contributed by atoms with Crippen LogP contribution in [-0.2, 0) is 14.3 Å². The Bertz CT molecular complexity index is 978. The first-order chi connectivity index (χ1) is 12.6. The number of aryl methyl sites for hydroxylation is 1. The van der Waals surface area contributed by atoms with E-state index in [0.717, 1.165) is 32.0 Å². The fraction of sp³-hybridized carbons (Fsp3) is 0.250. The zero-order valence-electron chi connectivity index (χ0n) is 14.6. The Morgan fingerprint density at radius 3 is 2.81 bits per heavy atom. The highest BCUT2D eigenvalue weighted by molar-refractivity contribution is 7.21. The molecule has 1 amide bonds. The molecule has 0 spiro atoms. The molecule has 0 aliphatic carbocycles. The number of amides is 1. The number of thiazole rings is 1. The van der Waals surface area contributed by atoms with Gasteiger partial charge in [-0.1, -0.05) is 12.1 Å². The Morgan fingerprint density at radius 2 is 2.08 bits per heavy atom. The molecular formula is C20H18N2O3S. The molecule has 26 heavy (non-hydrogen) atoms. The maximum absolute atomic E-state index is 12.3. The highest BCUT2D eigenvalue weighted by atomic mass is 32.1. The van der Waals surface area contributed by atoms with Crippen molar-refractivity contribution in [1.82, 2.24) is 4.98 Å². The van der Waals surface area contributed by atoms with Crippen LogP contribution in [0, 0.1) is 12.8 Å². The predicted octanol–water partition coefficient (Wildman–Crippen LogP) is 3.80. The topological polar surface area (TPSA) is 59.5 Å². The second-order valence-corrected chi connectivity index (χ2v) is 7.45. The average Bonchev–Trinajstić information content (AvgIpc) is 3.24. The van der Waals surface area contributed by atoms with Crippen molar-refractivity contribution >= 4 is 39.1 Å². The molecule has 1 fully saturated rings. The summed E-state index contributed by atoms with van der Waals surface area (Å²) in [5.41, 5.74) is 3.85. The molecule has 1 aromatic heterocycles. The second-order valence-electron chi connectivity index (χ2n) is 6.42. The van der Waals surface area contributed by atoms with Gasteiger partial charge in [-0.25, -0.2) is 4.98 Å². The molecule has 1 saturated heterocycles. The monoisotopic (exact) mass is 366 g/mol. The average molecular weight is 366 g/mol. The molecule has 3 aromatic rings. The van der Waals surface area contributed by atoms with Gasteiger partial charge in [0.05, 0.1) is 23.2 Å². The van der Waals surface area contributed by atoms with Gasteiger partial charge in [0.25, 0.3) is 0 Å². The molecule has 0 N–H and O–H groups in total. The quantitative estimate of drug-likeness (QED) is 0.662. The van der Waals surface area contributed by atoms with Gasteiger partial charge in [0.15, 0.2) is 0 Å². The third kappa shape index (κ3) is 2.86. The number of rotatable bonds is 3. The van der Waals surface area contributed by atoms with Crippen molar-refractivity contribution in [3.8, 4) is 10.6 Å². The molecule has 1 aliphatic heterocycles. The van der Waals surface area contributed by atoms with Crippen molar-refractivity contribution in [3.63, 3.8) is 0 Å². The van der Waals surface area contributed by atoms with E-state index in [-0.39, 0.29) is 18.3 Å². The molecule has 0 bridgehead atoms. The van der Waals surface area contributed by atoms with Crippen molar-refractivity contribution in [2.24, 2.45) is 5.92 Å². The van der Waals surface area contributed by atoms with Crippen LogP contribution in [-0.4, -0.2) is 30.5 Å². The number of hydrogen-bond donors (Lipinski definition) is 0. The van der Waals surface area contributed by atoms with Crippen LogP contribution in [0.15, 0.2) is 42.5 Å². The second kappa shape index (κ2) is 6.53. The maximum Gasteiger partial charge on any atom is 0.311 e. The van der Waals surface area contributed by atoms with Gasteiger partial charge in [-0.15, -0.1) is 11.3 Å². The highest BCUT2D eigenvalue weighted by Crippen LogP contribution is 2.34. The van der Waals surface area contributed by atoms with Crippen molar-refractivity contribution in [2.45, 2.75) is 13.3 Å². The minimum Gasteiger partial charge on any atom is -0.469 e. The molecule has 0 unspecified atom stereocenters. The predicted molar refractivity (Wildman–Crippen MR) is 102 cm³/mol. The molecule has 132 valence electrons. The first-order valence-corrected chi connectivity index (χ1v) is 9.23. The first-order valence-electron chi connectivity index (χ1n) is 8.41. The summed E-state index contributed by atoms with van der Waals surface area (Å²) in [6.07, 6.45) is 0.200. The molecule has 0 radical (unpaired) electrons. The Labute approximate surface area is 155 Å².